The van der Waals surface area contributed by atoms with Gasteiger partial charge in [-0.25, -0.2) is 15.0 Å². The second kappa shape index (κ2) is 4.60. The number of nitrogens with two attached hydrogens (primary N) is 1. The van der Waals surface area contributed by atoms with E-state index in [1.165, 1.54) is 24.4 Å². The van der Waals surface area contributed by atoms with Crippen LogP contribution < -0.4 is 5.73 Å². The number of fused-ring (bicyclic) bond motifs is 1. The number of aromatic nitrogens is 4. The van der Waals surface area contributed by atoms with Crippen molar-refractivity contribution < 1.29 is 15.3 Å². The smallest absolute Gasteiger partial charge is 0.183 e. The topological polar surface area (TPSA) is 130 Å². The SMILES string of the molecule is Nc1ncnc2ncn([C@H]3S[C@H](CO)[C@@H](O)[C@@H]3O)c12. The zero-order chi connectivity index (χ0) is 13.6. The molecule has 0 aromatic carbocycles. The highest BCUT2D eigenvalue weighted by atomic mass is 32.2. The summed E-state index contributed by atoms with van der Waals surface area (Å²) in [5, 5.41) is 28.2. The van der Waals surface area contributed by atoms with E-state index >= 15 is 0 Å². The van der Waals surface area contributed by atoms with E-state index < -0.39 is 22.8 Å². The van der Waals surface area contributed by atoms with E-state index in [-0.39, 0.29) is 12.4 Å². The first kappa shape index (κ1) is 12.6. The van der Waals surface area contributed by atoms with Gasteiger partial charge in [-0.2, -0.15) is 0 Å². The molecule has 3 heterocycles. The Bertz CT molecular complexity index is 606. The molecule has 3 rings (SSSR count). The van der Waals surface area contributed by atoms with E-state index in [2.05, 4.69) is 15.0 Å². The van der Waals surface area contributed by atoms with Crippen LogP contribution in [0.2, 0.25) is 0 Å². The minimum absolute atomic E-state index is 0.210. The maximum absolute atomic E-state index is 10.1. The maximum Gasteiger partial charge on any atom is 0.183 e. The van der Waals surface area contributed by atoms with E-state index in [1.807, 2.05) is 0 Å². The maximum atomic E-state index is 10.1. The van der Waals surface area contributed by atoms with Gasteiger partial charge < -0.3 is 25.6 Å². The molecule has 0 unspecified atom stereocenters. The lowest BCUT2D eigenvalue weighted by Crippen LogP contribution is -2.32. The van der Waals surface area contributed by atoms with Crippen molar-refractivity contribution in [3.05, 3.63) is 12.7 Å². The minimum atomic E-state index is -1.01. The molecule has 19 heavy (non-hydrogen) atoms. The van der Waals surface area contributed by atoms with Crippen molar-refractivity contribution in [2.24, 2.45) is 0 Å². The zero-order valence-corrected chi connectivity index (χ0v) is 10.6. The van der Waals surface area contributed by atoms with Crippen LogP contribution >= 0.6 is 11.8 Å². The van der Waals surface area contributed by atoms with Crippen molar-refractivity contribution in [1.82, 2.24) is 19.5 Å². The van der Waals surface area contributed by atoms with Gasteiger partial charge in [-0.15, -0.1) is 11.8 Å². The van der Waals surface area contributed by atoms with Crippen LogP contribution in [0.5, 0.6) is 0 Å². The highest BCUT2D eigenvalue weighted by molar-refractivity contribution is 8.00. The van der Waals surface area contributed by atoms with E-state index in [0.717, 1.165) is 0 Å². The summed E-state index contributed by atoms with van der Waals surface area (Å²) in [5.74, 6) is 0.261. The van der Waals surface area contributed by atoms with Crippen LogP contribution in [0.4, 0.5) is 5.82 Å². The minimum Gasteiger partial charge on any atom is -0.395 e. The summed E-state index contributed by atoms with van der Waals surface area (Å²) in [7, 11) is 0. The summed E-state index contributed by atoms with van der Waals surface area (Å²) in [5.41, 5.74) is 6.75. The van der Waals surface area contributed by atoms with Gasteiger partial charge in [-0.05, 0) is 0 Å². The molecule has 2 aromatic heterocycles. The molecular formula is C10H13N5O3S. The molecule has 0 aliphatic carbocycles. The Labute approximate surface area is 112 Å². The molecule has 0 spiro atoms. The summed E-state index contributed by atoms with van der Waals surface area (Å²) in [6.45, 7) is -0.210. The molecule has 0 radical (unpaired) electrons. The van der Waals surface area contributed by atoms with Crippen molar-refractivity contribution in [1.29, 1.82) is 0 Å². The molecule has 0 saturated carbocycles. The van der Waals surface area contributed by atoms with Crippen LogP contribution in [0.25, 0.3) is 11.2 Å². The number of nitrogen functional groups attached to an aromatic ring is 1. The largest absolute Gasteiger partial charge is 0.395 e. The first-order valence-electron chi connectivity index (χ1n) is 5.69. The zero-order valence-electron chi connectivity index (χ0n) is 9.79. The van der Waals surface area contributed by atoms with Gasteiger partial charge in [0.1, 0.15) is 23.3 Å². The second-order valence-electron chi connectivity index (χ2n) is 4.31. The highest BCUT2D eigenvalue weighted by Gasteiger charge is 2.43. The molecule has 1 aliphatic rings. The van der Waals surface area contributed by atoms with Crippen LogP contribution in [-0.2, 0) is 0 Å². The predicted octanol–water partition coefficient (Wildman–Crippen LogP) is -1.26. The van der Waals surface area contributed by atoms with Crippen LogP contribution in [0.1, 0.15) is 5.37 Å². The number of rotatable bonds is 2. The standard InChI is InChI=1S/C10H13N5O3S/c11-8-5-9(13-2-12-8)14-3-15(5)10-7(18)6(17)4(1-16)19-10/h2-4,6-7,10,16-18H,1H2,(H2,11,12,13)/t4-,6-,7+,10+/m1/s1. The highest BCUT2D eigenvalue weighted by Crippen LogP contribution is 2.43. The quantitative estimate of drug-likeness (QED) is 0.537. The van der Waals surface area contributed by atoms with Gasteiger partial charge in [-0.1, -0.05) is 0 Å². The normalized spacial score (nSPS) is 31.1. The van der Waals surface area contributed by atoms with Crippen LogP contribution in [-0.4, -0.2) is 58.9 Å². The number of imidazole rings is 1. The molecule has 1 saturated heterocycles. The van der Waals surface area contributed by atoms with E-state index in [1.54, 1.807) is 4.57 Å². The number of anilines is 1. The van der Waals surface area contributed by atoms with Gasteiger partial charge in [0.2, 0.25) is 0 Å². The van der Waals surface area contributed by atoms with E-state index in [4.69, 9.17) is 5.73 Å². The molecule has 0 amide bonds. The molecule has 1 aliphatic heterocycles. The van der Waals surface area contributed by atoms with Crippen molar-refractivity contribution >= 4 is 28.7 Å². The Morgan fingerprint density at radius 3 is 2.74 bits per heavy atom. The first-order chi connectivity index (χ1) is 9.13. The summed E-state index contributed by atoms with van der Waals surface area (Å²) < 4.78 is 1.64. The predicted molar refractivity (Wildman–Crippen MR) is 69.3 cm³/mol. The number of hydrogen-bond acceptors (Lipinski definition) is 8. The Morgan fingerprint density at radius 2 is 2.05 bits per heavy atom. The number of nitrogens with zero attached hydrogens (tertiary/aromatic N) is 4. The molecule has 8 nitrogen and oxygen atoms in total. The van der Waals surface area contributed by atoms with Crippen molar-refractivity contribution in [3.63, 3.8) is 0 Å². The average Bonchev–Trinajstić information content (AvgIpc) is 2.94. The number of hydrogen-bond donors (Lipinski definition) is 4. The summed E-state index contributed by atoms with van der Waals surface area (Å²) in [6, 6.07) is 0. The fourth-order valence-corrected chi connectivity index (χ4v) is 3.58. The van der Waals surface area contributed by atoms with Crippen LogP contribution in [0.3, 0.4) is 0 Å². The number of aliphatic hydroxyl groups excluding tert-OH is 3. The summed E-state index contributed by atoms with van der Waals surface area (Å²) >= 11 is 1.27. The summed E-state index contributed by atoms with van der Waals surface area (Å²) in [4.78, 5) is 12.0. The van der Waals surface area contributed by atoms with E-state index in [9.17, 15) is 15.3 Å². The van der Waals surface area contributed by atoms with Gasteiger partial charge in [0.15, 0.2) is 11.5 Å². The molecule has 4 atom stereocenters. The fraction of sp³-hybridized carbons (Fsp3) is 0.500. The monoisotopic (exact) mass is 283 g/mol. The third-order valence-electron chi connectivity index (χ3n) is 3.19. The van der Waals surface area contributed by atoms with Crippen molar-refractivity contribution in [2.75, 3.05) is 12.3 Å². The van der Waals surface area contributed by atoms with Gasteiger partial charge in [0.05, 0.1) is 24.3 Å². The Balaban J connectivity index is 2.06. The number of aliphatic hydroxyl groups is 3. The van der Waals surface area contributed by atoms with Gasteiger partial charge in [0.25, 0.3) is 0 Å². The third-order valence-corrected chi connectivity index (χ3v) is 4.75. The molecule has 2 aromatic rings. The van der Waals surface area contributed by atoms with E-state index in [0.29, 0.717) is 11.2 Å². The molecule has 1 fully saturated rings. The van der Waals surface area contributed by atoms with Gasteiger partial charge >= 0.3 is 0 Å². The Morgan fingerprint density at radius 1 is 1.26 bits per heavy atom. The molecule has 9 heteroatoms. The summed E-state index contributed by atoms with van der Waals surface area (Å²) in [6.07, 6.45) is 0.809. The lowest BCUT2D eigenvalue weighted by atomic mass is 10.1. The van der Waals surface area contributed by atoms with Crippen LogP contribution in [0, 0.1) is 0 Å². The average molecular weight is 283 g/mol. The first-order valence-corrected chi connectivity index (χ1v) is 6.63. The number of thioether (sulfide) groups is 1. The molecule has 102 valence electrons. The molecule has 0 bridgehead atoms. The van der Waals surface area contributed by atoms with Gasteiger partial charge in [0, 0.05) is 0 Å². The Hall–Kier alpha value is -1.42. The van der Waals surface area contributed by atoms with Gasteiger partial charge in [-0.3, -0.25) is 0 Å². The Kier molecular flexibility index (Phi) is 3.05. The fourth-order valence-electron chi connectivity index (χ4n) is 2.20. The van der Waals surface area contributed by atoms with Crippen molar-refractivity contribution in [2.45, 2.75) is 22.8 Å². The van der Waals surface area contributed by atoms with Crippen LogP contribution in [0.15, 0.2) is 12.7 Å². The molecule has 5 N–H and O–H groups in total. The lowest BCUT2D eigenvalue weighted by molar-refractivity contribution is 0.0113. The molecular weight excluding hydrogens is 270 g/mol. The lowest BCUT2D eigenvalue weighted by Gasteiger charge is -2.17. The van der Waals surface area contributed by atoms with Crippen molar-refractivity contribution in [3.8, 4) is 0 Å². The third kappa shape index (κ3) is 1.86. The second-order valence-corrected chi connectivity index (χ2v) is 5.67.